The molecule has 0 amide bonds. The molecular weight excluding hydrogens is 400 g/mol. The maximum Gasteiger partial charge on any atom is 0.279 e. The topological polar surface area (TPSA) is 83.6 Å². The molecule has 1 saturated heterocycles. The Balaban J connectivity index is 1.80. The second-order valence-corrected chi connectivity index (χ2v) is 10.3. The molecule has 1 saturated carbocycles. The third-order valence-corrected chi connectivity index (χ3v) is 8.04. The fraction of sp³-hybridized carbons (Fsp3) is 0.565. The molecule has 0 unspecified atom stereocenters. The number of benzene rings is 1. The average molecular weight is 431 g/mol. The highest BCUT2D eigenvalue weighted by Crippen LogP contribution is 2.46. The molecule has 1 aliphatic carbocycles. The van der Waals surface area contributed by atoms with Crippen LogP contribution in [0.1, 0.15) is 67.7 Å². The number of ketones is 2. The van der Waals surface area contributed by atoms with Crippen molar-refractivity contribution in [1.29, 1.82) is 0 Å². The first kappa shape index (κ1) is 22.7. The van der Waals surface area contributed by atoms with E-state index in [1.54, 1.807) is 13.8 Å². The van der Waals surface area contributed by atoms with E-state index in [1.807, 2.05) is 26.0 Å². The van der Waals surface area contributed by atoms with Crippen molar-refractivity contribution in [2.75, 3.05) is 19.6 Å². The Morgan fingerprint density at radius 1 is 1.10 bits per heavy atom. The lowest BCUT2D eigenvalue weighted by Crippen LogP contribution is -2.50. The van der Waals surface area contributed by atoms with Crippen molar-refractivity contribution < 1.29 is 18.0 Å². The summed E-state index contributed by atoms with van der Waals surface area (Å²) in [6.07, 6.45) is 1.72. The van der Waals surface area contributed by atoms with Crippen LogP contribution in [0, 0.1) is 31.1 Å². The monoisotopic (exact) mass is 430 g/mol. The number of carbonyl (C=O) groups is 2. The third kappa shape index (κ3) is 4.36. The van der Waals surface area contributed by atoms with E-state index < -0.39 is 21.5 Å². The van der Waals surface area contributed by atoms with Gasteiger partial charge in [0.2, 0.25) is 0 Å². The van der Waals surface area contributed by atoms with Crippen molar-refractivity contribution >= 4 is 21.8 Å². The van der Waals surface area contributed by atoms with Gasteiger partial charge in [0.25, 0.3) is 10.2 Å². The normalized spacial score (nSPS) is 20.3. The highest BCUT2D eigenvalue weighted by molar-refractivity contribution is 7.87. The van der Waals surface area contributed by atoms with Crippen LogP contribution in [-0.2, 0) is 19.8 Å². The molecule has 1 N–H and O–H groups in total. The van der Waals surface area contributed by atoms with E-state index in [4.69, 9.17) is 0 Å². The smallest absolute Gasteiger partial charge is 0.279 e. The number of nitrogens with one attached hydrogen (secondary N) is 1. The van der Waals surface area contributed by atoms with Crippen molar-refractivity contribution in [3.63, 3.8) is 0 Å². The molecule has 2 fully saturated rings. The Hall–Kier alpha value is -2.01. The molecule has 2 aliphatic rings. The van der Waals surface area contributed by atoms with Crippen molar-refractivity contribution in [2.45, 2.75) is 59.3 Å². The molecule has 0 radical (unpaired) electrons. The molecule has 1 aliphatic heterocycles. The predicted molar refractivity (Wildman–Crippen MR) is 116 cm³/mol. The molecule has 7 heteroatoms. The number of rotatable bonds is 4. The molecule has 30 heavy (non-hydrogen) atoms. The fourth-order valence-corrected chi connectivity index (χ4v) is 6.19. The highest BCUT2D eigenvalue weighted by atomic mass is 32.2. The van der Waals surface area contributed by atoms with Gasteiger partial charge in [-0.3, -0.25) is 9.59 Å². The van der Waals surface area contributed by atoms with Crippen molar-refractivity contribution in [2.24, 2.45) is 5.41 Å². The van der Waals surface area contributed by atoms with Gasteiger partial charge in [0, 0.05) is 38.0 Å². The molecule has 0 bridgehead atoms. The molecule has 1 aromatic rings. The van der Waals surface area contributed by atoms with Crippen LogP contribution in [0.4, 0.5) is 0 Å². The first-order valence-corrected chi connectivity index (χ1v) is 11.9. The Kier molecular flexibility index (Phi) is 6.51. The zero-order valence-corrected chi connectivity index (χ0v) is 19.0. The van der Waals surface area contributed by atoms with E-state index in [9.17, 15) is 18.0 Å². The number of nitrogens with zero attached hydrogens (tertiary/aromatic N) is 1. The zero-order valence-electron chi connectivity index (χ0n) is 18.2. The number of carbonyl (C=O) groups excluding carboxylic acids is 2. The van der Waals surface area contributed by atoms with Crippen molar-refractivity contribution in [1.82, 2.24) is 9.03 Å². The summed E-state index contributed by atoms with van der Waals surface area (Å²) in [6, 6.07) is 3.88. The maximum absolute atomic E-state index is 13.2. The summed E-state index contributed by atoms with van der Waals surface area (Å²) in [5, 5.41) is 0. The molecule has 3 rings (SSSR count). The number of hydrogen-bond donors (Lipinski definition) is 1. The first-order chi connectivity index (χ1) is 14.1. The minimum Gasteiger partial charge on any atom is -0.299 e. The van der Waals surface area contributed by atoms with Crippen LogP contribution in [0.2, 0.25) is 0 Å². The van der Waals surface area contributed by atoms with Gasteiger partial charge in [-0.25, -0.2) is 4.72 Å². The van der Waals surface area contributed by atoms with Gasteiger partial charge in [-0.15, -0.1) is 5.92 Å². The van der Waals surface area contributed by atoms with Gasteiger partial charge in [-0.2, -0.15) is 12.7 Å². The lowest BCUT2D eigenvalue weighted by Gasteiger charge is -2.44. The van der Waals surface area contributed by atoms with E-state index in [2.05, 4.69) is 16.6 Å². The predicted octanol–water partition coefficient (Wildman–Crippen LogP) is 2.63. The highest BCUT2D eigenvalue weighted by Gasteiger charge is 2.48. The summed E-state index contributed by atoms with van der Waals surface area (Å²) in [6.45, 7) is 8.39. The summed E-state index contributed by atoms with van der Waals surface area (Å²) in [7, 11) is -3.49. The molecule has 1 heterocycles. The quantitative estimate of drug-likeness (QED) is 0.588. The molecule has 1 spiro atoms. The van der Waals surface area contributed by atoms with Crippen LogP contribution < -0.4 is 4.72 Å². The van der Waals surface area contributed by atoms with Crippen LogP contribution in [-0.4, -0.2) is 43.9 Å². The van der Waals surface area contributed by atoms with Gasteiger partial charge in [0.1, 0.15) is 17.5 Å². The Bertz CT molecular complexity index is 982. The van der Waals surface area contributed by atoms with E-state index in [-0.39, 0.29) is 11.6 Å². The minimum atomic E-state index is -3.49. The molecular formula is C23H30N2O4S. The van der Waals surface area contributed by atoms with Gasteiger partial charge in [0.15, 0.2) is 0 Å². The summed E-state index contributed by atoms with van der Waals surface area (Å²) in [5.74, 6) is 5.10. The van der Waals surface area contributed by atoms with Crippen molar-refractivity contribution in [3.8, 4) is 11.8 Å². The molecule has 162 valence electrons. The Labute approximate surface area is 179 Å². The summed E-state index contributed by atoms with van der Waals surface area (Å²) < 4.78 is 28.4. The van der Waals surface area contributed by atoms with Crippen molar-refractivity contribution in [3.05, 3.63) is 34.4 Å². The van der Waals surface area contributed by atoms with Gasteiger partial charge in [-0.05, 0) is 67.9 Å². The second kappa shape index (κ2) is 8.62. The van der Waals surface area contributed by atoms with E-state index in [0.29, 0.717) is 45.3 Å². The van der Waals surface area contributed by atoms with Crippen LogP contribution in [0.5, 0.6) is 0 Å². The average Bonchev–Trinajstić information content (AvgIpc) is 2.64. The standard InChI is InChI=1S/C23H30N2O4S/c1-5-7-18-12-16(3)21(17(4)13-18)22-19(26)14-23(15-20(22)27)8-10-25(11-9-23)30(28,29)24-6-2/h12-13,22,24H,6,8-11,14-15H2,1-4H3. The second-order valence-electron chi connectivity index (χ2n) is 8.52. The van der Waals surface area contributed by atoms with Crippen LogP contribution in [0.25, 0.3) is 0 Å². The first-order valence-electron chi connectivity index (χ1n) is 10.5. The van der Waals surface area contributed by atoms with Gasteiger partial charge < -0.3 is 0 Å². The SMILES string of the molecule is CC#Cc1cc(C)c(C2C(=O)CC3(CCN(S(=O)(=O)NCC)CC3)CC2=O)c(C)c1. The number of Topliss-reactive ketones (excluding diaryl/α,β-unsaturated/α-hetero) is 2. The third-order valence-electron chi connectivity index (χ3n) is 6.34. The van der Waals surface area contributed by atoms with Gasteiger partial charge in [0.05, 0.1) is 0 Å². The van der Waals surface area contributed by atoms with E-state index in [1.165, 1.54) is 4.31 Å². The molecule has 1 aromatic carbocycles. The zero-order chi connectivity index (χ0) is 22.1. The summed E-state index contributed by atoms with van der Waals surface area (Å²) >= 11 is 0. The summed E-state index contributed by atoms with van der Waals surface area (Å²) in [5.41, 5.74) is 3.12. The fourth-order valence-electron chi connectivity index (χ4n) is 4.98. The lowest BCUT2D eigenvalue weighted by molar-refractivity contribution is -0.138. The molecule has 6 nitrogen and oxygen atoms in total. The maximum atomic E-state index is 13.2. The summed E-state index contributed by atoms with van der Waals surface area (Å²) in [4.78, 5) is 26.4. The number of aryl methyl sites for hydroxylation is 2. The molecule has 0 atom stereocenters. The Morgan fingerprint density at radius 2 is 1.63 bits per heavy atom. The Morgan fingerprint density at radius 3 is 2.10 bits per heavy atom. The molecule has 0 aromatic heterocycles. The van der Waals surface area contributed by atoms with E-state index in [0.717, 1.165) is 22.3 Å². The van der Waals surface area contributed by atoms with Gasteiger partial charge in [-0.1, -0.05) is 12.8 Å². The van der Waals surface area contributed by atoms with Crippen LogP contribution in [0.15, 0.2) is 12.1 Å². The largest absolute Gasteiger partial charge is 0.299 e. The van der Waals surface area contributed by atoms with Crippen LogP contribution >= 0.6 is 0 Å². The number of hydrogen-bond acceptors (Lipinski definition) is 4. The van der Waals surface area contributed by atoms with Gasteiger partial charge >= 0.3 is 0 Å². The minimum absolute atomic E-state index is 0.0465. The lowest BCUT2D eigenvalue weighted by atomic mass is 9.63. The van der Waals surface area contributed by atoms with E-state index >= 15 is 0 Å². The number of piperidine rings is 1. The van der Waals surface area contributed by atoms with Crippen LogP contribution in [0.3, 0.4) is 0 Å².